The molecule has 0 aliphatic heterocycles. The zero-order chi connectivity index (χ0) is 16.8. The molecule has 3 heterocycles. The highest BCUT2D eigenvalue weighted by molar-refractivity contribution is 5.60. The summed E-state index contributed by atoms with van der Waals surface area (Å²) < 4.78 is 76.3. The Morgan fingerprint density at radius 1 is 0.739 bits per heavy atom. The average molecular weight is 333 g/mol. The first-order valence-electron chi connectivity index (χ1n) is 5.99. The van der Waals surface area contributed by atoms with Gasteiger partial charge >= 0.3 is 12.4 Å². The Kier molecular flexibility index (Phi) is 3.23. The van der Waals surface area contributed by atoms with Crippen LogP contribution in [-0.4, -0.2) is 24.8 Å². The van der Waals surface area contributed by atoms with Gasteiger partial charge in [-0.3, -0.25) is 4.40 Å². The molecule has 0 unspecified atom stereocenters. The van der Waals surface area contributed by atoms with Gasteiger partial charge in [-0.15, -0.1) is 20.4 Å². The maximum Gasteiger partial charge on any atom is 0.452 e. The van der Waals surface area contributed by atoms with E-state index < -0.39 is 23.9 Å². The number of rotatable bonds is 1. The van der Waals surface area contributed by atoms with Crippen LogP contribution in [0.25, 0.3) is 16.9 Å². The number of fused-ring (bicyclic) bond motifs is 1. The Bertz CT molecular complexity index is 849. The minimum absolute atomic E-state index is 0.0123. The largest absolute Gasteiger partial charge is 0.452 e. The summed E-state index contributed by atoms with van der Waals surface area (Å²) in [6, 6.07) is 4.33. The SMILES string of the molecule is FC(F)(F)c1ccc(-c2ccc3nnc(C(F)(F)F)n3c2)nn1. The maximum atomic E-state index is 12.8. The van der Waals surface area contributed by atoms with Crippen LogP contribution in [-0.2, 0) is 12.4 Å². The van der Waals surface area contributed by atoms with E-state index in [0.717, 1.165) is 12.3 Å². The van der Waals surface area contributed by atoms with Crippen LogP contribution in [0.5, 0.6) is 0 Å². The molecule has 0 spiro atoms. The molecule has 11 heteroatoms. The van der Waals surface area contributed by atoms with E-state index in [9.17, 15) is 26.3 Å². The number of pyridine rings is 1. The Hall–Kier alpha value is -2.72. The summed E-state index contributed by atoms with van der Waals surface area (Å²) in [4.78, 5) is 0. The quantitative estimate of drug-likeness (QED) is 0.642. The normalized spacial score (nSPS) is 12.8. The zero-order valence-corrected chi connectivity index (χ0v) is 10.9. The first-order valence-corrected chi connectivity index (χ1v) is 5.99. The fraction of sp³-hybridized carbons (Fsp3) is 0.167. The van der Waals surface area contributed by atoms with Gasteiger partial charge in [0.25, 0.3) is 0 Å². The molecule has 120 valence electrons. The summed E-state index contributed by atoms with van der Waals surface area (Å²) in [5, 5.41) is 12.8. The van der Waals surface area contributed by atoms with Crippen molar-refractivity contribution in [1.82, 2.24) is 24.8 Å². The molecular weight excluding hydrogens is 328 g/mol. The van der Waals surface area contributed by atoms with Gasteiger partial charge in [0.1, 0.15) is 0 Å². The molecule has 5 nitrogen and oxygen atoms in total. The number of halogens is 6. The molecular formula is C12H5F6N5. The molecule has 0 saturated heterocycles. The smallest absolute Gasteiger partial charge is 0.278 e. The van der Waals surface area contributed by atoms with Gasteiger partial charge in [0.05, 0.1) is 5.69 Å². The van der Waals surface area contributed by atoms with Gasteiger partial charge in [0, 0.05) is 11.8 Å². The van der Waals surface area contributed by atoms with Crippen LogP contribution in [0.15, 0.2) is 30.5 Å². The number of hydrogen-bond donors (Lipinski definition) is 0. The molecule has 23 heavy (non-hydrogen) atoms. The molecule has 0 fully saturated rings. The van der Waals surface area contributed by atoms with E-state index in [4.69, 9.17) is 0 Å². The highest BCUT2D eigenvalue weighted by Gasteiger charge is 2.37. The summed E-state index contributed by atoms with van der Waals surface area (Å²) in [5.74, 6) is -1.24. The highest BCUT2D eigenvalue weighted by Crippen LogP contribution is 2.30. The average Bonchev–Trinajstić information content (AvgIpc) is 2.89. The summed E-state index contributed by atoms with van der Waals surface area (Å²) in [6.07, 6.45) is -8.33. The van der Waals surface area contributed by atoms with Crippen LogP contribution in [0.3, 0.4) is 0 Å². The Morgan fingerprint density at radius 3 is 2.04 bits per heavy atom. The van der Waals surface area contributed by atoms with Crippen molar-refractivity contribution in [2.24, 2.45) is 0 Å². The van der Waals surface area contributed by atoms with Gasteiger partial charge in [-0.2, -0.15) is 26.3 Å². The van der Waals surface area contributed by atoms with Crippen molar-refractivity contribution in [1.29, 1.82) is 0 Å². The van der Waals surface area contributed by atoms with Crippen molar-refractivity contribution in [3.63, 3.8) is 0 Å². The molecule has 0 saturated carbocycles. The van der Waals surface area contributed by atoms with Gasteiger partial charge in [0.2, 0.25) is 5.82 Å². The predicted octanol–water partition coefficient (Wildman–Crippen LogP) is 3.22. The lowest BCUT2D eigenvalue weighted by atomic mass is 10.2. The molecule has 0 amide bonds. The second-order valence-corrected chi connectivity index (χ2v) is 4.47. The Balaban J connectivity index is 2.07. The van der Waals surface area contributed by atoms with Gasteiger partial charge < -0.3 is 0 Å². The molecule has 0 aliphatic rings. The van der Waals surface area contributed by atoms with Crippen molar-refractivity contribution in [3.05, 3.63) is 42.0 Å². The highest BCUT2D eigenvalue weighted by atomic mass is 19.4. The number of aromatic nitrogens is 5. The third-order valence-corrected chi connectivity index (χ3v) is 2.91. The minimum atomic E-state index is -4.72. The molecule has 0 bridgehead atoms. The molecule has 0 N–H and O–H groups in total. The molecule has 0 aromatic carbocycles. The van der Waals surface area contributed by atoms with Gasteiger partial charge in [-0.05, 0) is 24.3 Å². The Morgan fingerprint density at radius 2 is 1.48 bits per heavy atom. The van der Waals surface area contributed by atoms with E-state index in [-0.39, 0.29) is 16.9 Å². The Labute approximate surface area is 123 Å². The van der Waals surface area contributed by atoms with Crippen molar-refractivity contribution in [2.75, 3.05) is 0 Å². The maximum absolute atomic E-state index is 12.8. The van der Waals surface area contributed by atoms with Gasteiger partial charge in [-0.25, -0.2) is 0 Å². The van der Waals surface area contributed by atoms with Crippen molar-refractivity contribution in [2.45, 2.75) is 12.4 Å². The topological polar surface area (TPSA) is 56.0 Å². The lowest BCUT2D eigenvalue weighted by molar-refractivity contribution is -0.145. The summed E-state index contributed by atoms with van der Waals surface area (Å²) >= 11 is 0. The fourth-order valence-corrected chi connectivity index (χ4v) is 1.87. The first kappa shape index (κ1) is 15.2. The summed E-state index contributed by atoms with van der Waals surface area (Å²) in [5.41, 5.74) is -1.12. The van der Waals surface area contributed by atoms with Crippen LogP contribution in [0.4, 0.5) is 26.3 Å². The first-order chi connectivity index (χ1) is 10.7. The van der Waals surface area contributed by atoms with Crippen molar-refractivity contribution in [3.8, 4) is 11.3 Å². The summed E-state index contributed by atoms with van der Waals surface area (Å²) in [7, 11) is 0. The van der Waals surface area contributed by atoms with E-state index in [1.165, 1.54) is 12.1 Å². The van der Waals surface area contributed by atoms with Crippen LogP contribution < -0.4 is 0 Å². The molecule has 0 aliphatic carbocycles. The lowest BCUT2D eigenvalue weighted by Crippen LogP contribution is -2.11. The lowest BCUT2D eigenvalue weighted by Gasteiger charge is -2.07. The number of nitrogens with zero attached hydrogens (tertiary/aromatic N) is 5. The second kappa shape index (κ2) is 4.89. The van der Waals surface area contributed by atoms with E-state index in [0.29, 0.717) is 10.5 Å². The molecule has 3 aromatic rings. The monoisotopic (exact) mass is 333 g/mol. The van der Waals surface area contributed by atoms with Crippen molar-refractivity contribution >= 4 is 5.65 Å². The van der Waals surface area contributed by atoms with Crippen LogP contribution in [0, 0.1) is 0 Å². The molecule has 0 atom stereocenters. The van der Waals surface area contributed by atoms with Crippen LogP contribution in [0.2, 0.25) is 0 Å². The van der Waals surface area contributed by atoms with E-state index in [2.05, 4.69) is 20.4 Å². The standard InChI is InChI=1S/C12H5F6N5/c13-11(14,15)8-3-2-7(19-20-8)6-1-4-9-21-22-10(12(16,17)18)23(9)5-6/h1-5H. The van der Waals surface area contributed by atoms with E-state index >= 15 is 0 Å². The zero-order valence-electron chi connectivity index (χ0n) is 10.9. The minimum Gasteiger partial charge on any atom is -0.278 e. The second-order valence-electron chi connectivity index (χ2n) is 4.47. The van der Waals surface area contributed by atoms with Crippen LogP contribution in [0.1, 0.15) is 11.5 Å². The predicted molar refractivity (Wildman–Crippen MR) is 64.0 cm³/mol. The summed E-state index contributed by atoms with van der Waals surface area (Å²) in [6.45, 7) is 0. The van der Waals surface area contributed by atoms with Gasteiger partial charge in [-0.1, -0.05) is 0 Å². The molecule has 0 radical (unpaired) electrons. The van der Waals surface area contributed by atoms with E-state index in [1.54, 1.807) is 0 Å². The number of alkyl halides is 6. The van der Waals surface area contributed by atoms with E-state index in [1.807, 2.05) is 0 Å². The van der Waals surface area contributed by atoms with Crippen LogP contribution >= 0.6 is 0 Å². The third-order valence-electron chi connectivity index (χ3n) is 2.91. The van der Waals surface area contributed by atoms with Crippen molar-refractivity contribution < 1.29 is 26.3 Å². The van der Waals surface area contributed by atoms with Gasteiger partial charge in [0.15, 0.2) is 11.3 Å². The molecule has 3 aromatic heterocycles. The number of hydrogen-bond acceptors (Lipinski definition) is 4. The fourth-order valence-electron chi connectivity index (χ4n) is 1.87. The molecule has 3 rings (SSSR count). The third kappa shape index (κ3) is 2.81.